The number of rotatable bonds is 4. The Kier molecular flexibility index (Phi) is 6.13. The molecule has 1 nitrogen and oxygen atoms in total. The van der Waals surface area contributed by atoms with Crippen LogP contribution in [0.2, 0.25) is 0 Å². The van der Waals surface area contributed by atoms with E-state index in [0.717, 1.165) is 55.1 Å². The minimum Gasteiger partial charge on any atom is -0.403 e. The van der Waals surface area contributed by atoms with Gasteiger partial charge in [-0.05, 0) is 79.9 Å². The third-order valence-electron chi connectivity index (χ3n) is 6.56. The quantitative estimate of drug-likeness (QED) is 0.507. The molecule has 0 N–H and O–H groups in total. The first-order chi connectivity index (χ1) is 12.4. The number of hydrogen-bond acceptors (Lipinski definition) is 1. The zero-order valence-corrected chi connectivity index (χ0v) is 15.3. The predicted octanol–water partition coefficient (Wildman–Crippen LogP) is 7.21. The third-order valence-corrected chi connectivity index (χ3v) is 6.56. The minimum absolute atomic E-state index is 0.243. The van der Waals surface area contributed by atoms with Gasteiger partial charge in [-0.3, -0.25) is 0 Å². The fourth-order valence-electron chi connectivity index (χ4n) is 4.97. The summed E-state index contributed by atoms with van der Waals surface area (Å²) < 4.78 is 54.4. The monoisotopic (exact) mass is 372 g/mol. The van der Waals surface area contributed by atoms with E-state index in [0.29, 0.717) is 0 Å². The van der Waals surface area contributed by atoms with Crippen LogP contribution < -0.4 is 4.74 Å². The molecule has 0 atom stereocenters. The van der Waals surface area contributed by atoms with Crippen LogP contribution in [0.3, 0.4) is 0 Å². The summed E-state index contributed by atoms with van der Waals surface area (Å²) in [6.45, 7) is 2.28. The molecule has 0 amide bonds. The second-order valence-corrected chi connectivity index (χ2v) is 8.04. The smallest absolute Gasteiger partial charge is 0.403 e. The van der Waals surface area contributed by atoms with E-state index in [1.54, 1.807) is 6.07 Å². The molecule has 0 bridgehead atoms. The highest BCUT2D eigenvalue weighted by Crippen LogP contribution is 2.44. The number of alkyl halides is 3. The second kappa shape index (κ2) is 8.18. The molecule has 146 valence electrons. The molecule has 3 rings (SSSR count). The van der Waals surface area contributed by atoms with Gasteiger partial charge in [0.25, 0.3) is 0 Å². The van der Waals surface area contributed by atoms with E-state index < -0.39 is 17.9 Å². The van der Waals surface area contributed by atoms with E-state index in [1.807, 2.05) is 0 Å². The van der Waals surface area contributed by atoms with Crippen molar-refractivity contribution in [2.75, 3.05) is 0 Å². The molecule has 2 aliphatic rings. The Labute approximate surface area is 153 Å². The van der Waals surface area contributed by atoms with Crippen molar-refractivity contribution < 1.29 is 22.3 Å². The van der Waals surface area contributed by atoms with E-state index in [1.165, 1.54) is 38.2 Å². The SMILES string of the molecule is CCC1CCC(C2CCC(c3ccc(OC(F)(F)F)c(F)c3)CC2)CC1. The van der Waals surface area contributed by atoms with E-state index in [9.17, 15) is 17.6 Å². The highest BCUT2D eigenvalue weighted by atomic mass is 19.4. The maximum Gasteiger partial charge on any atom is 0.573 e. The summed E-state index contributed by atoms with van der Waals surface area (Å²) in [4.78, 5) is 0. The first kappa shape index (κ1) is 19.5. The van der Waals surface area contributed by atoms with Gasteiger partial charge in [0.1, 0.15) is 0 Å². The van der Waals surface area contributed by atoms with E-state index in [4.69, 9.17) is 0 Å². The summed E-state index contributed by atoms with van der Waals surface area (Å²) in [5.41, 5.74) is 0.796. The molecule has 0 unspecified atom stereocenters. The Balaban J connectivity index is 1.54. The predicted molar refractivity (Wildman–Crippen MR) is 93.5 cm³/mol. The molecule has 1 aromatic rings. The second-order valence-electron chi connectivity index (χ2n) is 8.04. The largest absolute Gasteiger partial charge is 0.573 e. The summed E-state index contributed by atoms with van der Waals surface area (Å²) >= 11 is 0. The van der Waals surface area contributed by atoms with Gasteiger partial charge in [-0.2, -0.15) is 0 Å². The standard InChI is InChI=1S/C21H28F4O/c1-2-14-3-5-15(6-4-14)16-7-9-17(10-8-16)18-11-12-20(19(22)13-18)26-21(23,24)25/h11-17H,2-10H2,1H3. The van der Waals surface area contributed by atoms with Crippen LogP contribution in [0.15, 0.2) is 18.2 Å². The Morgan fingerprint density at radius 1 is 0.923 bits per heavy atom. The van der Waals surface area contributed by atoms with Gasteiger partial charge in [0.2, 0.25) is 0 Å². The lowest BCUT2D eigenvalue weighted by Gasteiger charge is -2.38. The Morgan fingerprint density at radius 3 is 2.00 bits per heavy atom. The van der Waals surface area contributed by atoms with Crippen molar-refractivity contribution in [2.45, 2.75) is 77.0 Å². The minimum atomic E-state index is -4.86. The Hall–Kier alpha value is -1.26. The van der Waals surface area contributed by atoms with Crippen molar-refractivity contribution in [3.8, 4) is 5.75 Å². The fourth-order valence-corrected chi connectivity index (χ4v) is 4.97. The summed E-state index contributed by atoms with van der Waals surface area (Å²) in [6, 6.07) is 3.91. The van der Waals surface area contributed by atoms with Crippen LogP contribution in [0.1, 0.15) is 76.2 Å². The zero-order valence-electron chi connectivity index (χ0n) is 15.3. The van der Waals surface area contributed by atoms with Gasteiger partial charge in [-0.1, -0.05) is 32.3 Å². The number of ether oxygens (including phenoxy) is 1. The maximum absolute atomic E-state index is 13.9. The van der Waals surface area contributed by atoms with Crippen molar-refractivity contribution >= 4 is 0 Å². The van der Waals surface area contributed by atoms with Gasteiger partial charge >= 0.3 is 6.36 Å². The molecule has 0 radical (unpaired) electrons. The van der Waals surface area contributed by atoms with E-state index in [2.05, 4.69) is 11.7 Å². The average Bonchev–Trinajstić information content (AvgIpc) is 2.63. The highest BCUT2D eigenvalue weighted by Gasteiger charge is 2.33. The average molecular weight is 372 g/mol. The zero-order chi connectivity index (χ0) is 18.7. The van der Waals surface area contributed by atoms with Crippen molar-refractivity contribution in [1.29, 1.82) is 0 Å². The van der Waals surface area contributed by atoms with Gasteiger partial charge in [0.05, 0.1) is 0 Å². The summed E-state index contributed by atoms with van der Waals surface area (Å²) in [7, 11) is 0. The van der Waals surface area contributed by atoms with Gasteiger partial charge in [0, 0.05) is 0 Å². The molecule has 1 aromatic carbocycles. The lowest BCUT2D eigenvalue weighted by Crippen LogP contribution is -2.25. The van der Waals surface area contributed by atoms with Gasteiger partial charge in [-0.15, -0.1) is 13.2 Å². The van der Waals surface area contributed by atoms with Gasteiger partial charge < -0.3 is 4.74 Å². The molecule has 2 saturated carbocycles. The molecular weight excluding hydrogens is 344 g/mol. The summed E-state index contributed by atoms with van der Waals surface area (Å²) in [5, 5.41) is 0. The van der Waals surface area contributed by atoms with Crippen molar-refractivity contribution in [3.05, 3.63) is 29.6 Å². The lowest BCUT2D eigenvalue weighted by atomic mass is 9.68. The molecule has 0 aliphatic heterocycles. The lowest BCUT2D eigenvalue weighted by molar-refractivity contribution is -0.275. The Morgan fingerprint density at radius 2 is 1.50 bits per heavy atom. The van der Waals surface area contributed by atoms with E-state index >= 15 is 0 Å². The Bertz CT molecular complexity index is 582. The molecule has 0 aromatic heterocycles. The third kappa shape index (κ3) is 4.92. The molecule has 26 heavy (non-hydrogen) atoms. The molecule has 0 saturated heterocycles. The fraction of sp³-hybridized carbons (Fsp3) is 0.714. The molecular formula is C21H28F4O. The van der Waals surface area contributed by atoms with Crippen LogP contribution >= 0.6 is 0 Å². The van der Waals surface area contributed by atoms with Crippen LogP contribution in [0.5, 0.6) is 5.75 Å². The van der Waals surface area contributed by atoms with Crippen molar-refractivity contribution in [1.82, 2.24) is 0 Å². The first-order valence-electron chi connectivity index (χ1n) is 9.91. The van der Waals surface area contributed by atoms with Gasteiger partial charge in [-0.25, -0.2) is 4.39 Å². The number of halogens is 4. The van der Waals surface area contributed by atoms with Crippen LogP contribution in [0, 0.1) is 23.6 Å². The van der Waals surface area contributed by atoms with Crippen molar-refractivity contribution in [3.63, 3.8) is 0 Å². The van der Waals surface area contributed by atoms with Crippen LogP contribution in [0.25, 0.3) is 0 Å². The molecule has 0 heterocycles. The molecule has 2 fully saturated rings. The van der Waals surface area contributed by atoms with Crippen molar-refractivity contribution in [2.24, 2.45) is 17.8 Å². The summed E-state index contributed by atoms with van der Waals surface area (Å²) in [6.07, 6.45) is 6.10. The maximum atomic E-state index is 13.9. The van der Waals surface area contributed by atoms with Crippen LogP contribution in [-0.2, 0) is 0 Å². The van der Waals surface area contributed by atoms with Crippen LogP contribution in [0.4, 0.5) is 17.6 Å². The van der Waals surface area contributed by atoms with Crippen LogP contribution in [-0.4, -0.2) is 6.36 Å². The highest BCUT2D eigenvalue weighted by molar-refractivity contribution is 5.31. The number of benzene rings is 1. The molecule has 5 heteroatoms. The van der Waals surface area contributed by atoms with E-state index in [-0.39, 0.29) is 5.92 Å². The number of hydrogen-bond donors (Lipinski definition) is 0. The molecule has 2 aliphatic carbocycles. The first-order valence-corrected chi connectivity index (χ1v) is 9.91. The summed E-state index contributed by atoms with van der Waals surface area (Å²) in [5.74, 6) is 1.07. The van der Waals surface area contributed by atoms with Gasteiger partial charge in [0.15, 0.2) is 11.6 Å². The topological polar surface area (TPSA) is 9.23 Å². The molecule has 0 spiro atoms. The normalized spacial score (nSPS) is 30.2.